The largest absolute Gasteiger partial charge is 0.351 e. The molecule has 3 rings (SSSR count). The second kappa shape index (κ2) is 7.34. The van der Waals surface area contributed by atoms with Gasteiger partial charge >= 0.3 is 0 Å². The van der Waals surface area contributed by atoms with Crippen LogP contribution in [0.25, 0.3) is 0 Å². The number of fused-ring (bicyclic) bond motifs is 1. The van der Waals surface area contributed by atoms with Crippen molar-refractivity contribution < 1.29 is 4.79 Å². The van der Waals surface area contributed by atoms with Gasteiger partial charge in [0.2, 0.25) is 0 Å². The maximum absolute atomic E-state index is 12.2. The van der Waals surface area contributed by atoms with Crippen molar-refractivity contribution in [1.82, 2.24) is 14.9 Å². The Kier molecular flexibility index (Phi) is 5.22. The van der Waals surface area contributed by atoms with Crippen LogP contribution in [-0.4, -0.2) is 33.5 Å². The van der Waals surface area contributed by atoms with E-state index < -0.39 is 0 Å². The molecule has 1 N–H and O–H groups in total. The van der Waals surface area contributed by atoms with Crippen LogP contribution >= 0.6 is 34.9 Å². The molecule has 5 nitrogen and oxygen atoms in total. The lowest BCUT2D eigenvalue weighted by Crippen LogP contribution is -2.34. The topological polar surface area (TPSA) is 64.0 Å². The number of nitrogens with one attached hydrogen (secondary N) is 1. The molecule has 2 aromatic heterocycles. The van der Waals surface area contributed by atoms with Crippen molar-refractivity contribution in [3.63, 3.8) is 0 Å². The van der Waals surface area contributed by atoms with Gasteiger partial charge in [-0.05, 0) is 11.4 Å². The number of carbonyl (C=O) groups is 1. The molecule has 0 bridgehead atoms. The first-order valence-corrected chi connectivity index (χ1v) is 9.88. The van der Waals surface area contributed by atoms with Crippen LogP contribution in [0.1, 0.15) is 15.2 Å². The van der Waals surface area contributed by atoms with Gasteiger partial charge in [-0.1, -0.05) is 17.8 Å². The quantitative estimate of drug-likeness (QED) is 0.636. The molecule has 0 saturated heterocycles. The Morgan fingerprint density at radius 2 is 2.41 bits per heavy atom. The van der Waals surface area contributed by atoms with Crippen molar-refractivity contribution in [2.24, 2.45) is 0 Å². The van der Waals surface area contributed by atoms with E-state index in [1.807, 2.05) is 6.07 Å². The van der Waals surface area contributed by atoms with Gasteiger partial charge in [0, 0.05) is 41.4 Å². The first kappa shape index (κ1) is 15.6. The summed E-state index contributed by atoms with van der Waals surface area (Å²) in [5.41, 5.74) is -0.103. The Hall–Kier alpha value is -1.25. The number of hydrogen-bond donors (Lipinski definition) is 1. The predicted molar refractivity (Wildman–Crippen MR) is 92.0 cm³/mol. The SMILES string of the molecule is O=C(NCCSCc1cccs1)c1cnc2n(c1=O)CCS2. The molecule has 0 aliphatic carbocycles. The number of carbonyl (C=O) groups excluding carboxylic acids is 1. The first-order valence-electron chi connectivity index (χ1n) is 6.86. The minimum Gasteiger partial charge on any atom is -0.351 e. The van der Waals surface area contributed by atoms with E-state index in [9.17, 15) is 9.59 Å². The Morgan fingerprint density at radius 1 is 1.50 bits per heavy atom. The number of hydrogen-bond acceptors (Lipinski definition) is 6. The third kappa shape index (κ3) is 3.56. The summed E-state index contributed by atoms with van der Waals surface area (Å²) < 4.78 is 1.57. The molecule has 3 heterocycles. The maximum atomic E-state index is 12.2. The van der Waals surface area contributed by atoms with Crippen molar-refractivity contribution >= 4 is 40.8 Å². The minimum atomic E-state index is -0.332. The summed E-state index contributed by atoms with van der Waals surface area (Å²) in [5.74, 6) is 2.28. The maximum Gasteiger partial charge on any atom is 0.267 e. The van der Waals surface area contributed by atoms with E-state index in [1.165, 1.54) is 11.1 Å². The number of nitrogens with zero attached hydrogens (tertiary/aromatic N) is 2. The number of rotatable bonds is 6. The highest BCUT2D eigenvalue weighted by Crippen LogP contribution is 2.20. The molecule has 2 aromatic rings. The van der Waals surface area contributed by atoms with E-state index in [0.717, 1.165) is 17.3 Å². The van der Waals surface area contributed by atoms with Gasteiger partial charge < -0.3 is 5.32 Å². The predicted octanol–water partition coefficient (Wildman–Crippen LogP) is 2.07. The van der Waals surface area contributed by atoms with Crippen molar-refractivity contribution in [3.8, 4) is 0 Å². The molecule has 0 atom stereocenters. The molecule has 1 amide bonds. The first-order chi connectivity index (χ1) is 10.8. The van der Waals surface area contributed by atoms with Gasteiger partial charge in [-0.2, -0.15) is 11.8 Å². The monoisotopic (exact) mass is 353 g/mol. The molecular formula is C14H15N3O2S3. The van der Waals surface area contributed by atoms with Crippen molar-refractivity contribution in [2.45, 2.75) is 17.5 Å². The fraction of sp³-hybridized carbons (Fsp3) is 0.357. The zero-order valence-corrected chi connectivity index (χ0v) is 14.2. The summed E-state index contributed by atoms with van der Waals surface area (Å²) >= 11 is 5.04. The Bertz CT molecular complexity index is 713. The highest BCUT2D eigenvalue weighted by molar-refractivity contribution is 7.99. The third-order valence-electron chi connectivity index (χ3n) is 3.16. The van der Waals surface area contributed by atoms with Crippen LogP contribution in [0.3, 0.4) is 0 Å². The van der Waals surface area contributed by atoms with Gasteiger partial charge in [-0.25, -0.2) is 4.98 Å². The smallest absolute Gasteiger partial charge is 0.267 e. The fourth-order valence-electron chi connectivity index (χ4n) is 2.07. The molecule has 0 unspecified atom stereocenters. The van der Waals surface area contributed by atoms with Crippen molar-refractivity contribution in [2.75, 3.05) is 18.1 Å². The standard InChI is InChI=1S/C14H15N3O2S3/c18-12(15-3-6-20-9-10-2-1-5-21-10)11-8-16-14-17(13(11)19)4-7-22-14/h1-2,5,8H,3-4,6-7,9H2,(H,15,18). The lowest BCUT2D eigenvalue weighted by molar-refractivity contribution is 0.0953. The summed E-state index contributed by atoms with van der Waals surface area (Å²) in [6.45, 7) is 1.18. The summed E-state index contributed by atoms with van der Waals surface area (Å²) in [7, 11) is 0. The molecule has 116 valence electrons. The normalized spacial score (nSPS) is 13.1. The Morgan fingerprint density at radius 3 is 3.23 bits per heavy atom. The molecule has 0 fully saturated rings. The number of amides is 1. The van der Waals surface area contributed by atoms with Crippen LogP contribution in [-0.2, 0) is 12.3 Å². The average Bonchev–Trinajstić information content (AvgIpc) is 3.18. The van der Waals surface area contributed by atoms with Gasteiger partial charge in [0.15, 0.2) is 5.16 Å². The molecule has 1 aliphatic heterocycles. The van der Waals surface area contributed by atoms with E-state index in [4.69, 9.17) is 0 Å². The second-order valence-electron chi connectivity index (χ2n) is 4.65. The van der Waals surface area contributed by atoms with E-state index >= 15 is 0 Å². The van der Waals surface area contributed by atoms with E-state index in [2.05, 4.69) is 21.7 Å². The van der Waals surface area contributed by atoms with Crippen LogP contribution in [0.2, 0.25) is 0 Å². The van der Waals surface area contributed by atoms with Gasteiger partial charge in [0.25, 0.3) is 11.5 Å². The molecule has 0 aromatic carbocycles. The van der Waals surface area contributed by atoms with E-state index in [1.54, 1.807) is 39.4 Å². The summed E-state index contributed by atoms with van der Waals surface area (Å²) in [5, 5.41) is 5.56. The van der Waals surface area contributed by atoms with Gasteiger partial charge in [-0.3, -0.25) is 14.2 Å². The zero-order valence-electron chi connectivity index (χ0n) is 11.8. The Balaban J connectivity index is 1.49. The van der Waals surface area contributed by atoms with Gasteiger partial charge in [0.05, 0.1) is 0 Å². The molecule has 0 radical (unpaired) electrons. The van der Waals surface area contributed by atoms with Crippen LogP contribution in [0, 0.1) is 0 Å². The fourth-order valence-corrected chi connectivity index (χ4v) is 4.69. The number of thiophene rings is 1. The lowest BCUT2D eigenvalue weighted by Gasteiger charge is -2.06. The molecule has 1 aliphatic rings. The van der Waals surface area contributed by atoms with Crippen LogP contribution in [0.15, 0.2) is 33.7 Å². The van der Waals surface area contributed by atoms with Crippen molar-refractivity contribution in [1.29, 1.82) is 0 Å². The molecule has 0 spiro atoms. The van der Waals surface area contributed by atoms with E-state index in [0.29, 0.717) is 18.2 Å². The number of aromatic nitrogens is 2. The average molecular weight is 353 g/mol. The van der Waals surface area contributed by atoms with E-state index in [-0.39, 0.29) is 17.0 Å². The lowest BCUT2D eigenvalue weighted by atomic mass is 10.3. The molecule has 0 saturated carbocycles. The van der Waals surface area contributed by atoms with Crippen LogP contribution in [0.4, 0.5) is 0 Å². The molecule has 22 heavy (non-hydrogen) atoms. The Labute approximate surface area is 140 Å². The highest BCUT2D eigenvalue weighted by Gasteiger charge is 2.19. The van der Waals surface area contributed by atoms with Crippen LogP contribution in [0.5, 0.6) is 0 Å². The van der Waals surface area contributed by atoms with Gasteiger partial charge in [-0.15, -0.1) is 11.3 Å². The highest BCUT2D eigenvalue weighted by atomic mass is 32.2. The molecular weight excluding hydrogens is 338 g/mol. The minimum absolute atomic E-state index is 0.134. The number of thioether (sulfide) groups is 2. The second-order valence-corrected chi connectivity index (χ2v) is 7.85. The summed E-state index contributed by atoms with van der Waals surface area (Å²) in [6, 6.07) is 4.14. The molecule has 8 heteroatoms. The van der Waals surface area contributed by atoms with Crippen LogP contribution < -0.4 is 10.9 Å². The zero-order chi connectivity index (χ0) is 15.4. The third-order valence-corrected chi connectivity index (χ3v) is 6.20. The summed E-state index contributed by atoms with van der Waals surface area (Å²) in [4.78, 5) is 29.8. The van der Waals surface area contributed by atoms with Gasteiger partial charge in [0.1, 0.15) is 5.56 Å². The van der Waals surface area contributed by atoms with Crippen molar-refractivity contribution in [3.05, 3.63) is 44.5 Å². The summed E-state index contributed by atoms with van der Waals surface area (Å²) in [6.07, 6.45) is 1.39.